The van der Waals surface area contributed by atoms with Gasteiger partial charge < -0.3 is 4.57 Å². The fourth-order valence-corrected chi connectivity index (χ4v) is 1.04. The minimum absolute atomic E-state index is 0.244. The summed E-state index contributed by atoms with van der Waals surface area (Å²) >= 11 is 0. The van der Waals surface area contributed by atoms with E-state index in [-0.39, 0.29) is 5.78 Å². The van der Waals surface area contributed by atoms with Crippen molar-refractivity contribution in [3.63, 3.8) is 0 Å². The highest BCUT2D eigenvalue weighted by Gasteiger charge is 2.03. The van der Waals surface area contributed by atoms with Gasteiger partial charge in [-0.15, -0.1) is 0 Å². The van der Waals surface area contributed by atoms with Crippen molar-refractivity contribution in [1.29, 1.82) is 0 Å². The predicted octanol–water partition coefficient (Wildman–Crippen LogP) is 2.01. The van der Waals surface area contributed by atoms with Crippen LogP contribution < -0.4 is 0 Å². The van der Waals surface area contributed by atoms with Gasteiger partial charge in [-0.05, 0) is 12.5 Å². The highest BCUT2D eigenvalue weighted by Crippen LogP contribution is 2.04. The number of rotatable bonds is 3. The largest absolute Gasteiger partial charge is 0.357 e. The average molecular weight is 151 g/mol. The molecule has 2 nitrogen and oxygen atoms in total. The second kappa shape index (κ2) is 3.37. The van der Waals surface area contributed by atoms with Gasteiger partial charge in [0.2, 0.25) is 0 Å². The van der Waals surface area contributed by atoms with Crippen molar-refractivity contribution in [3.05, 3.63) is 24.0 Å². The maximum absolute atomic E-state index is 11.2. The number of aromatic nitrogens is 1. The quantitative estimate of drug-likeness (QED) is 0.606. The van der Waals surface area contributed by atoms with Crippen LogP contribution in [-0.4, -0.2) is 10.4 Å². The second-order valence-corrected chi connectivity index (χ2v) is 2.74. The van der Waals surface area contributed by atoms with Gasteiger partial charge in [0.25, 0.3) is 0 Å². The average Bonchev–Trinajstić information content (AvgIpc) is 2.36. The van der Waals surface area contributed by atoms with E-state index >= 15 is 0 Å². The van der Waals surface area contributed by atoms with E-state index in [0.29, 0.717) is 6.42 Å². The minimum atomic E-state index is 0.244. The summed E-state index contributed by atoms with van der Waals surface area (Å²) in [4.78, 5) is 11.2. The van der Waals surface area contributed by atoms with Crippen LogP contribution in [-0.2, 0) is 7.05 Å². The summed E-state index contributed by atoms with van der Waals surface area (Å²) in [7, 11) is 1.92. The number of ketones is 1. The number of aryl methyl sites for hydroxylation is 1. The van der Waals surface area contributed by atoms with Crippen molar-refractivity contribution in [2.45, 2.75) is 19.8 Å². The SMILES string of the molecule is CCCC(=O)c1ccn(C)c1. The maximum atomic E-state index is 11.2. The van der Waals surface area contributed by atoms with Crippen LogP contribution >= 0.6 is 0 Å². The van der Waals surface area contributed by atoms with Crippen molar-refractivity contribution in [2.75, 3.05) is 0 Å². The summed E-state index contributed by atoms with van der Waals surface area (Å²) in [6.07, 6.45) is 5.33. The third-order valence-corrected chi connectivity index (χ3v) is 1.63. The molecule has 0 N–H and O–H groups in total. The lowest BCUT2D eigenvalue weighted by atomic mass is 10.1. The lowest BCUT2D eigenvalue weighted by Gasteiger charge is -1.92. The summed E-state index contributed by atoms with van der Waals surface area (Å²) in [6, 6.07) is 1.86. The molecule has 1 rings (SSSR count). The van der Waals surface area contributed by atoms with Crippen LogP contribution in [0.25, 0.3) is 0 Å². The molecule has 0 radical (unpaired) electrons. The highest BCUT2D eigenvalue weighted by molar-refractivity contribution is 5.95. The zero-order chi connectivity index (χ0) is 8.27. The highest BCUT2D eigenvalue weighted by atomic mass is 16.1. The maximum Gasteiger partial charge on any atom is 0.164 e. The Labute approximate surface area is 66.8 Å². The van der Waals surface area contributed by atoms with Gasteiger partial charge in [0.05, 0.1) is 0 Å². The molecule has 0 saturated heterocycles. The molecule has 2 heteroatoms. The van der Waals surface area contributed by atoms with E-state index in [1.165, 1.54) is 0 Å². The first kappa shape index (κ1) is 8.05. The summed E-state index contributed by atoms with van der Waals surface area (Å²) < 4.78 is 1.89. The van der Waals surface area contributed by atoms with Gasteiger partial charge in [0, 0.05) is 31.4 Å². The number of hydrogen-bond donors (Lipinski definition) is 0. The molecule has 11 heavy (non-hydrogen) atoms. The predicted molar refractivity (Wildman–Crippen MR) is 44.7 cm³/mol. The van der Waals surface area contributed by atoms with Crippen LogP contribution in [0.15, 0.2) is 18.5 Å². The fourth-order valence-electron chi connectivity index (χ4n) is 1.04. The van der Waals surface area contributed by atoms with Gasteiger partial charge in [-0.3, -0.25) is 4.79 Å². The molecular formula is C9H13NO. The Hall–Kier alpha value is -1.05. The molecule has 0 bridgehead atoms. The fraction of sp³-hybridized carbons (Fsp3) is 0.444. The summed E-state index contributed by atoms with van der Waals surface area (Å²) in [6.45, 7) is 2.01. The Morgan fingerprint density at radius 2 is 2.36 bits per heavy atom. The van der Waals surface area contributed by atoms with Gasteiger partial charge in [-0.2, -0.15) is 0 Å². The molecule has 0 fully saturated rings. The Bertz CT molecular complexity index is 250. The van der Waals surface area contributed by atoms with E-state index < -0.39 is 0 Å². The molecule has 1 heterocycles. The van der Waals surface area contributed by atoms with Gasteiger partial charge in [0.1, 0.15) is 0 Å². The molecule has 0 aliphatic rings. The van der Waals surface area contributed by atoms with Crippen LogP contribution in [0, 0.1) is 0 Å². The van der Waals surface area contributed by atoms with E-state index in [1.807, 2.05) is 37.0 Å². The van der Waals surface area contributed by atoms with Gasteiger partial charge in [-0.1, -0.05) is 6.92 Å². The summed E-state index contributed by atoms with van der Waals surface area (Å²) in [5.74, 6) is 0.244. The normalized spacial score (nSPS) is 10.0. The molecule has 0 aliphatic heterocycles. The first-order valence-corrected chi connectivity index (χ1v) is 3.89. The Balaban J connectivity index is 2.69. The van der Waals surface area contributed by atoms with Crippen LogP contribution in [0.2, 0.25) is 0 Å². The molecule has 1 aromatic rings. The molecule has 0 spiro atoms. The summed E-state index contributed by atoms with van der Waals surface area (Å²) in [5.41, 5.74) is 0.828. The van der Waals surface area contributed by atoms with Crippen LogP contribution in [0.4, 0.5) is 0 Å². The Morgan fingerprint density at radius 3 is 2.82 bits per heavy atom. The zero-order valence-electron chi connectivity index (χ0n) is 7.00. The van der Waals surface area contributed by atoms with Crippen molar-refractivity contribution in [1.82, 2.24) is 4.57 Å². The second-order valence-electron chi connectivity index (χ2n) is 2.74. The molecule has 0 saturated carbocycles. The Morgan fingerprint density at radius 1 is 1.64 bits per heavy atom. The van der Waals surface area contributed by atoms with Crippen molar-refractivity contribution in [3.8, 4) is 0 Å². The van der Waals surface area contributed by atoms with Gasteiger partial charge in [-0.25, -0.2) is 0 Å². The molecule has 1 aromatic heterocycles. The van der Waals surface area contributed by atoms with Crippen molar-refractivity contribution in [2.24, 2.45) is 7.05 Å². The minimum Gasteiger partial charge on any atom is -0.357 e. The lowest BCUT2D eigenvalue weighted by molar-refractivity contribution is 0.0982. The van der Waals surface area contributed by atoms with Gasteiger partial charge >= 0.3 is 0 Å². The van der Waals surface area contributed by atoms with Crippen LogP contribution in [0.3, 0.4) is 0 Å². The first-order valence-electron chi connectivity index (χ1n) is 3.89. The molecular weight excluding hydrogens is 138 g/mol. The molecule has 0 unspecified atom stereocenters. The number of carbonyl (C=O) groups excluding carboxylic acids is 1. The number of hydrogen-bond acceptors (Lipinski definition) is 1. The third-order valence-electron chi connectivity index (χ3n) is 1.63. The Kier molecular flexibility index (Phi) is 2.47. The number of carbonyl (C=O) groups is 1. The lowest BCUT2D eigenvalue weighted by Crippen LogP contribution is -1.95. The molecule has 0 atom stereocenters. The molecule has 60 valence electrons. The molecule has 0 amide bonds. The van der Waals surface area contributed by atoms with Crippen molar-refractivity contribution < 1.29 is 4.79 Å². The molecule has 0 aliphatic carbocycles. The van der Waals surface area contributed by atoms with Crippen LogP contribution in [0.1, 0.15) is 30.1 Å². The van der Waals surface area contributed by atoms with Crippen LogP contribution in [0.5, 0.6) is 0 Å². The standard InChI is InChI=1S/C9H13NO/c1-3-4-9(11)8-5-6-10(2)7-8/h5-7H,3-4H2,1-2H3. The van der Waals surface area contributed by atoms with E-state index in [9.17, 15) is 4.79 Å². The molecule has 0 aromatic carbocycles. The van der Waals surface area contributed by atoms with E-state index in [2.05, 4.69) is 0 Å². The zero-order valence-corrected chi connectivity index (χ0v) is 7.00. The smallest absolute Gasteiger partial charge is 0.164 e. The van der Waals surface area contributed by atoms with Gasteiger partial charge in [0.15, 0.2) is 5.78 Å². The number of nitrogens with zero attached hydrogens (tertiary/aromatic N) is 1. The van der Waals surface area contributed by atoms with E-state index in [4.69, 9.17) is 0 Å². The van der Waals surface area contributed by atoms with E-state index in [0.717, 1.165) is 12.0 Å². The topological polar surface area (TPSA) is 22.0 Å². The van der Waals surface area contributed by atoms with E-state index in [1.54, 1.807) is 0 Å². The summed E-state index contributed by atoms with van der Waals surface area (Å²) in [5, 5.41) is 0. The third kappa shape index (κ3) is 1.93. The first-order chi connectivity index (χ1) is 5.24. The monoisotopic (exact) mass is 151 g/mol. The number of Topliss-reactive ketones (excluding diaryl/α,β-unsaturated/α-hetero) is 1. The van der Waals surface area contributed by atoms with Crippen molar-refractivity contribution >= 4 is 5.78 Å².